The smallest absolute Gasteiger partial charge is 0.223 e. The Morgan fingerprint density at radius 2 is 1.77 bits per heavy atom. The maximum atomic E-state index is 13.4. The summed E-state index contributed by atoms with van der Waals surface area (Å²) in [6, 6.07) is -0.165. The van der Waals surface area contributed by atoms with Crippen LogP contribution in [0.1, 0.15) is 119 Å². The van der Waals surface area contributed by atoms with Crippen LogP contribution in [0.2, 0.25) is 0 Å². The average Bonchev–Trinajstić information content (AvgIpc) is 3.22. The van der Waals surface area contributed by atoms with Gasteiger partial charge in [0.05, 0.1) is 27.2 Å². The third kappa shape index (κ3) is 6.53. The number of rotatable bonds is 11. The van der Waals surface area contributed by atoms with Crippen LogP contribution in [0, 0.1) is 52.3 Å². The minimum Gasteiger partial charge on any atom is -0.385 e. The Labute approximate surface area is 247 Å². The lowest BCUT2D eigenvalue weighted by molar-refractivity contribution is -0.873. The van der Waals surface area contributed by atoms with Gasteiger partial charge in [-0.05, 0) is 104 Å². The summed E-state index contributed by atoms with van der Waals surface area (Å²) >= 11 is 0. The van der Waals surface area contributed by atoms with E-state index < -0.39 is 6.10 Å². The normalized spacial score (nSPS) is 38.1. The van der Waals surface area contributed by atoms with Crippen molar-refractivity contribution in [2.45, 2.75) is 131 Å². The van der Waals surface area contributed by atoms with Gasteiger partial charge in [0.25, 0.3) is 0 Å². The van der Waals surface area contributed by atoms with Crippen molar-refractivity contribution in [3.8, 4) is 0 Å². The van der Waals surface area contributed by atoms with Crippen LogP contribution in [0.25, 0.3) is 0 Å². The predicted molar refractivity (Wildman–Crippen MR) is 168 cm³/mol. The largest absolute Gasteiger partial charge is 0.385 e. The van der Waals surface area contributed by atoms with Crippen molar-refractivity contribution < 1.29 is 14.4 Å². The van der Waals surface area contributed by atoms with Crippen molar-refractivity contribution in [3.63, 3.8) is 0 Å². The summed E-state index contributed by atoms with van der Waals surface area (Å²) in [5.41, 5.74) is 2.38. The Morgan fingerprint density at radius 3 is 2.42 bits per heavy atom. The van der Waals surface area contributed by atoms with Gasteiger partial charge in [0.2, 0.25) is 5.91 Å². The second-order valence-electron chi connectivity index (χ2n) is 16.8. The number of nitrogens with one attached hydrogen (secondary N) is 1. The number of amides is 1. The van der Waals surface area contributed by atoms with E-state index in [0.717, 1.165) is 61.2 Å². The van der Waals surface area contributed by atoms with E-state index in [1.165, 1.54) is 51.4 Å². The Kier molecular flexibility index (Phi) is 9.93. The molecule has 10 atom stereocenters. The van der Waals surface area contributed by atoms with Gasteiger partial charge in [-0.3, -0.25) is 4.79 Å². The van der Waals surface area contributed by atoms with Gasteiger partial charge in [-0.25, -0.2) is 0 Å². The fourth-order valence-corrected chi connectivity index (χ4v) is 10.4. The molecule has 0 saturated heterocycles. The third-order valence-corrected chi connectivity index (χ3v) is 12.6. The van der Waals surface area contributed by atoms with Gasteiger partial charge in [-0.15, -0.1) is 0 Å². The van der Waals surface area contributed by atoms with Crippen molar-refractivity contribution >= 4 is 5.91 Å². The van der Waals surface area contributed by atoms with Gasteiger partial charge >= 0.3 is 0 Å². The highest BCUT2D eigenvalue weighted by atomic mass is 16.3. The molecule has 0 aliphatic heterocycles. The van der Waals surface area contributed by atoms with E-state index in [4.69, 9.17) is 0 Å². The molecule has 4 aliphatic carbocycles. The lowest BCUT2D eigenvalue weighted by Crippen LogP contribution is -2.53. The molecule has 4 heteroatoms. The zero-order valence-electron chi connectivity index (χ0n) is 27.8. The molecule has 4 rings (SSSR count). The number of fused-ring (bicyclic) bond motifs is 5. The van der Waals surface area contributed by atoms with Crippen molar-refractivity contribution in [3.05, 3.63) is 11.6 Å². The summed E-state index contributed by atoms with van der Waals surface area (Å²) in [6.45, 7) is 15.3. The van der Waals surface area contributed by atoms with Crippen molar-refractivity contribution in [2.24, 2.45) is 52.3 Å². The molecular weight excluding hydrogens is 492 g/mol. The Bertz CT molecular complexity index is 905. The number of quaternary nitrogens is 1. The number of hydrogen-bond acceptors (Lipinski definition) is 2. The van der Waals surface area contributed by atoms with Gasteiger partial charge < -0.3 is 14.9 Å². The quantitative estimate of drug-likeness (QED) is 0.203. The molecule has 0 radical (unpaired) electrons. The van der Waals surface area contributed by atoms with Crippen LogP contribution in [0.3, 0.4) is 0 Å². The maximum absolute atomic E-state index is 13.4. The number of carbonyl (C=O) groups excluding carboxylic acids is 1. The molecule has 3 fully saturated rings. The third-order valence-electron chi connectivity index (χ3n) is 12.6. The van der Waals surface area contributed by atoms with Crippen LogP contribution < -0.4 is 5.32 Å². The Hall–Kier alpha value is -0.870. The number of hydrogen-bond donors (Lipinski definition) is 2. The van der Waals surface area contributed by atoms with Gasteiger partial charge in [-0.1, -0.05) is 72.5 Å². The summed E-state index contributed by atoms with van der Waals surface area (Å²) in [4.78, 5) is 13.4. The first-order valence-electron chi connectivity index (χ1n) is 17.2. The number of likely N-dealkylation sites (N-methyl/N-ethyl adjacent to an activating group) is 1. The minimum absolute atomic E-state index is 0.0534. The summed E-state index contributed by atoms with van der Waals surface area (Å²) in [5.74, 6) is 5.32. The van der Waals surface area contributed by atoms with E-state index in [1.807, 2.05) is 0 Å². The molecule has 0 aromatic rings. The molecule has 0 aromatic carbocycles. The van der Waals surface area contributed by atoms with E-state index in [9.17, 15) is 9.90 Å². The van der Waals surface area contributed by atoms with Crippen molar-refractivity contribution in [1.82, 2.24) is 5.32 Å². The van der Waals surface area contributed by atoms with Crippen LogP contribution in [-0.4, -0.2) is 55.3 Å². The molecule has 0 spiro atoms. The molecule has 2 N–H and O–H groups in total. The van der Waals surface area contributed by atoms with E-state index in [-0.39, 0.29) is 23.3 Å². The fraction of sp³-hybridized carbons (Fsp3) is 0.917. The van der Waals surface area contributed by atoms with Crippen LogP contribution in [0.15, 0.2) is 11.6 Å². The maximum Gasteiger partial charge on any atom is 0.223 e. The summed E-state index contributed by atoms with van der Waals surface area (Å²) in [7, 11) is 6.28. The van der Waals surface area contributed by atoms with Crippen molar-refractivity contribution in [1.29, 1.82) is 0 Å². The van der Waals surface area contributed by atoms with Crippen molar-refractivity contribution in [2.75, 3.05) is 27.7 Å². The van der Waals surface area contributed by atoms with Crippen LogP contribution in [0.4, 0.5) is 0 Å². The number of allylic oxidation sites excluding steroid dienone is 2. The standard InChI is InChI=1S/C36H64N2O2/c1-10-32(33(39)23-38(7,8)9)37-34(40)26-18-20-35(5)27(22-26)14-15-28-30-17-16-29(25(4)13-11-12-24(2)3)36(30,6)21-19-31(28)35/h14,24-26,28-33,39H,10-13,15-23H2,1-9H3/p+1/t25-,26+,28+,29-,30+,31+,32?,33?,35+,36-/m1/s1. The topological polar surface area (TPSA) is 49.3 Å². The molecule has 1 amide bonds. The average molecular weight is 558 g/mol. The first-order valence-corrected chi connectivity index (χ1v) is 17.2. The number of nitrogens with zero attached hydrogens (tertiary/aromatic N) is 1. The van der Waals surface area contributed by atoms with Gasteiger partial charge in [0.15, 0.2) is 0 Å². The zero-order chi connectivity index (χ0) is 29.5. The van der Waals surface area contributed by atoms with E-state index in [1.54, 1.807) is 5.57 Å². The lowest BCUT2D eigenvalue weighted by Gasteiger charge is -2.58. The Morgan fingerprint density at radius 1 is 1.05 bits per heavy atom. The minimum atomic E-state index is -0.512. The zero-order valence-corrected chi connectivity index (χ0v) is 27.8. The van der Waals surface area contributed by atoms with Crippen LogP contribution >= 0.6 is 0 Å². The first-order chi connectivity index (χ1) is 18.7. The Balaban J connectivity index is 1.40. The highest BCUT2D eigenvalue weighted by Gasteiger charge is 2.59. The molecule has 4 nitrogen and oxygen atoms in total. The molecule has 0 bridgehead atoms. The second-order valence-corrected chi connectivity index (χ2v) is 16.8. The van der Waals surface area contributed by atoms with E-state index in [0.29, 0.717) is 16.4 Å². The highest BCUT2D eigenvalue weighted by Crippen LogP contribution is 2.67. The van der Waals surface area contributed by atoms with Gasteiger partial charge in [0.1, 0.15) is 12.6 Å². The molecule has 0 aromatic heterocycles. The molecule has 230 valence electrons. The van der Waals surface area contributed by atoms with E-state index in [2.05, 4.69) is 74.1 Å². The SMILES string of the molecule is CCC(NC(=O)[C@H]1CC[C@@]2(C)C(=CC[C@H]3[C@@H]4CC[C@H]([C@H](C)CCCC(C)C)[C@@]4(C)CC[C@@H]32)C1)C(O)C[N+](C)(C)C. The van der Waals surface area contributed by atoms with E-state index >= 15 is 0 Å². The molecule has 4 aliphatic rings. The molecule has 0 heterocycles. The molecule has 2 unspecified atom stereocenters. The van der Waals surface area contributed by atoms with Crippen LogP contribution in [-0.2, 0) is 4.79 Å². The second kappa shape index (κ2) is 12.4. The summed E-state index contributed by atoms with van der Waals surface area (Å²) in [5, 5.41) is 14.1. The highest BCUT2D eigenvalue weighted by molar-refractivity contribution is 5.79. The monoisotopic (exact) mass is 558 g/mol. The number of carbonyl (C=O) groups is 1. The predicted octanol–water partition coefficient (Wildman–Crippen LogP) is 7.61. The first kappa shape index (κ1) is 32.1. The number of aliphatic hydroxyl groups is 1. The van der Waals surface area contributed by atoms with Gasteiger partial charge in [-0.2, -0.15) is 0 Å². The fourth-order valence-electron chi connectivity index (χ4n) is 10.4. The molecule has 3 saturated carbocycles. The lowest BCUT2D eigenvalue weighted by atomic mass is 9.46. The summed E-state index contributed by atoms with van der Waals surface area (Å²) < 4.78 is 0.697. The molecule has 40 heavy (non-hydrogen) atoms. The van der Waals surface area contributed by atoms with Crippen LogP contribution in [0.5, 0.6) is 0 Å². The molecular formula is C36H65N2O2+. The number of aliphatic hydroxyl groups excluding tert-OH is 1. The summed E-state index contributed by atoms with van der Waals surface area (Å²) in [6.07, 6.45) is 17.0. The van der Waals surface area contributed by atoms with Gasteiger partial charge in [0, 0.05) is 5.92 Å².